The second-order valence-corrected chi connectivity index (χ2v) is 9.72. The van der Waals surface area contributed by atoms with Crippen LogP contribution in [0, 0.1) is 12.8 Å². The van der Waals surface area contributed by atoms with Gasteiger partial charge in [-0.2, -0.15) is 5.10 Å². The van der Waals surface area contributed by atoms with Crippen LogP contribution in [0.4, 0.5) is 5.82 Å². The third kappa shape index (κ3) is 4.38. The second-order valence-electron chi connectivity index (χ2n) is 7.68. The molecule has 0 N–H and O–H groups in total. The van der Waals surface area contributed by atoms with E-state index in [1.54, 1.807) is 28.6 Å². The Bertz CT molecular complexity index is 1060. The molecule has 30 heavy (non-hydrogen) atoms. The topological polar surface area (TPSA) is 46.8 Å². The summed E-state index contributed by atoms with van der Waals surface area (Å²) in [6, 6.07) is 3.35. The summed E-state index contributed by atoms with van der Waals surface area (Å²) in [5.41, 5.74) is 1.30. The summed E-state index contributed by atoms with van der Waals surface area (Å²) in [4.78, 5) is 12.0. The fourth-order valence-electron chi connectivity index (χ4n) is 3.59. The van der Waals surface area contributed by atoms with Crippen molar-refractivity contribution in [1.29, 1.82) is 0 Å². The molecule has 160 valence electrons. The van der Waals surface area contributed by atoms with Crippen molar-refractivity contribution in [1.82, 2.24) is 19.7 Å². The minimum absolute atomic E-state index is 0.434. The number of hydrogen-bond acceptors (Lipinski definition) is 5. The van der Waals surface area contributed by atoms with E-state index in [2.05, 4.69) is 11.8 Å². The molecule has 5 nitrogen and oxygen atoms in total. The zero-order valence-corrected chi connectivity index (χ0v) is 20.3. The summed E-state index contributed by atoms with van der Waals surface area (Å²) in [7, 11) is 0. The molecule has 3 aromatic rings. The van der Waals surface area contributed by atoms with Gasteiger partial charge in [-0.1, -0.05) is 48.1 Å². The number of rotatable bonds is 8. The summed E-state index contributed by atoms with van der Waals surface area (Å²) >= 11 is 20.7. The second kappa shape index (κ2) is 9.11. The zero-order chi connectivity index (χ0) is 21.4. The van der Waals surface area contributed by atoms with Gasteiger partial charge in [0.15, 0.2) is 5.65 Å². The number of anilines is 1. The first-order chi connectivity index (χ1) is 14.4. The molecule has 1 aliphatic rings. The predicted molar refractivity (Wildman–Crippen MR) is 128 cm³/mol. The number of thioether (sulfide) groups is 1. The smallest absolute Gasteiger partial charge is 0.170 e. The summed E-state index contributed by atoms with van der Waals surface area (Å²) in [6.45, 7) is 6.12. The van der Waals surface area contributed by atoms with Gasteiger partial charge in [-0.25, -0.2) is 14.6 Å². The van der Waals surface area contributed by atoms with E-state index in [9.17, 15) is 0 Å². The molecule has 0 spiro atoms. The van der Waals surface area contributed by atoms with Crippen molar-refractivity contribution in [2.24, 2.45) is 5.92 Å². The first kappa shape index (κ1) is 22.0. The average molecular weight is 485 g/mol. The van der Waals surface area contributed by atoms with Gasteiger partial charge in [-0.05, 0) is 50.5 Å². The average Bonchev–Trinajstić information content (AvgIpc) is 3.44. The van der Waals surface area contributed by atoms with Crippen molar-refractivity contribution >= 4 is 63.4 Å². The highest BCUT2D eigenvalue weighted by molar-refractivity contribution is 7.98. The molecule has 9 heteroatoms. The standard InChI is InChI=1S/C21H24Cl3N5S/c1-4-5-8-28(11-13-6-7-13)19-17-20(26-12(2)25-19)29(27-21(17)30-3)18-15(23)9-14(22)10-16(18)24/h9-10,13H,4-8,11H2,1-3H3. The van der Waals surface area contributed by atoms with Crippen LogP contribution in [0.25, 0.3) is 16.7 Å². The van der Waals surface area contributed by atoms with E-state index >= 15 is 0 Å². The molecule has 4 rings (SSSR count). The van der Waals surface area contributed by atoms with Gasteiger partial charge >= 0.3 is 0 Å². The van der Waals surface area contributed by atoms with Crippen LogP contribution in [0.5, 0.6) is 0 Å². The normalized spacial score (nSPS) is 13.9. The first-order valence-electron chi connectivity index (χ1n) is 10.1. The summed E-state index contributed by atoms with van der Waals surface area (Å²) in [5.74, 6) is 2.40. The molecule has 1 saturated carbocycles. The van der Waals surface area contributed by atoms with Crippen LogP contribution in [0.2, 0.25) is 15.1 Å². The first-order valence-corrected chi connectivity index (χ1v) is 12.5. The molecule has 0 radical (unpaired) electrons. The third-order valence-electron chi connectivity index (χ3n) is 5.23. The van der Waals surface area contributed by atoms with Crippen LogP contribution in [0.15, 0.2) is 17.2 Å². The number of nitrogens with zero attached hydrogens (tertiary/aromatic N) is 5. The van der Waals surface area contributed by atoms with E-state index in [4.69, 9.17) is 49.9 Å². The minimum atomic E-state index is 0.434. The van der Waals surface area contributed by atoms with Crippen LogP contribution >= 0.6 is 46.6 Å². The van der Waals surface area contributed by atoms with Crippen LogP contribution in [0.3, 0.4) is 0 Å². The Labute approximate surface area is 196 Å². The van der Waals surface area contributed by atoms with Gasteiger partial charge in [0.25, 0.3) is 0 Å². The Morgan fingerprint density at radius 2 is 1.87 bits per heavy atom. The number of aryl methyl sites for hydroxylation is 1. The Kier molecular flexibility index (Phi) is 6.68. The Balaban J connectivity index is 1.94. The van der Waals surface area contributed by atoms with Crippen molar-refractivity contribution < 1.29 is 0 Å². The van der Waals surface area contributed by atoms with Crippen molar-refractivity contribution in [3.05, 3.63) is 33.0 Å². The van der Waals surface area contributed by atoms with Crippen LogP contribution in [0.1, 0.15) is 38.4 Å². The van der Waals surface area contributed by atoms with Gasteiger partial charge in [0.05, 0.1) is 15.4 Å². The van der Waals surface area contributed by atoms with Gasteiger partial charge in [0.1, 0.15) is 22.4 Å². The van der Waals surface area contributed by atoms with Crippen molar-refractivity contribution in [3.63, 3.8) is 0 Å². The van der Waals surface area contributed by atoms with Gasteiger partial charge in [0.2, 0.25) is 0 Å². The third-order valence-corrected chi connectivity index (χ3v) is 6.70. The monoisotopic (exact) mass is 483 g/mol. The maximum Gasteiger partial charge on any atom is 0.170 e. The molecule has 0 unspecified atom stereocenters. The molecular weight excluding hydrogens is 461 g/mol. The molecule has 2 heterocycles. The van der Waals surface area contributed by atoms with E-state index in [1.807, 2.05) is 13.2 Å². The van der Waals surface area contributed by atoms with E-state index in [1.165, 1.54) is 12.8 Å². The summed E-state index contributed by atoms with van der Waals surface area (Å²) in [5, 5.41) is 7.99. The minimum Gasteiger partial charge on any atom is -0.356 e. The SMILES string of the molecule is CCCCN(CC1CC1)c1nc(C)nc2c1c(SC)nn2-c1c(Cl)cc(Cl)cc1Cl. The molecule has 1 fully saturated rings. The fourth-order valence-corrected chi connectivity index (χ4v) is 5.11. The fraction of sp³-hybridized carbons (Fsp3) is 0.476. The molecule has 0 aliphatic heterocycles. The van der Waals surface area contributed by atoms with Crippen LogP contribution in [-0.4, -0.2) is 39.1 Å². The lowest BCUT2D eigenvalue weighted by atomic mass is 10.2. The van der Waals surface area contributed by atoms with Crippen molar-refractivity contribution in [2.75, 3.05) is 24.2 Å². The highest BCUT2D eigenvalue weighted by atomic mass is 35.5. The largest absolute Gasteiger partial charge is 0.356 e. The number of benzene rings is 1. The Morgan fingerprint density at radius 3 is 2.47 bits per heavy atom. The lowest BCUT2D eigenvalue weighted by Crippen LogP contribution is -2.28. The van der Waals surface area contributed by atoms with Crippen molar-refractivity contribution in [2.45, 2.75) is 44.6 Å². The maximum absolute atomic E-state index is 6.52. The molecule has 1 aliphatic carbocycles. The highest BCUT2D eigenvalue weighted by Crippen LogP contribution is 2.39. The number of hydrogen-bond donors (Lipinski definition) is 0. The number of fused-ring (bicyclic) bond motifs is 1. The summed E-state index contributed by atoms with van der Waals surface area (Å²) < 4.78 is 1.73. The van der Waals surface area contributed by atoms with Gasteiger partial charge < -0.3 is 4.90 Å². The zero-order valence-electron chi connectivity index (χ0n) is 17.3. The molecule has 0 saturated heterocycles. The van der Waals surface area contributed by atoms with Gasteiger partial charge in [0, 0.05) is 18.1 Å². The van der Waals surface area contributed by atoms with Gasteiger partial charge in [-0.15, -0.1) is 11.8 Å². The lowest BCUT2D eigenvalue weighted by molar-refractivity contribution is 0.671. The van der Waals surface area contributed by atoms with Crippen LogP contribution in [-0.2, 0) is 0 Å². The van der Waals surface area contributed by atoms with E-state index < -0.39 is 0 Å². The van der Waals surface area contributed by atoms with E-state index in [0.717, 1.165) is 48.1 Å². The molecule has 0 atom stereocenters. The Morgan fingerprint density at radius 1 is 1.17 bits per heavy atom. The van der Waals surface area contributed by atoms with E-state index in [-0.39, 0.29) is 0 Å². The molecule has 0 amide bonds. The summed E-state index contributed by atoms with van der Waals surface area (Å²) in [6.07, 6.45) is 6.85. The van der Waals surface area contributed by atoms with E-state index in [0.29, 0.717) is 32.2 Å². The molecular formula is C21H24Cl3N5S. The lowest BCUT2D eigenvalue weighted by Gasteiger charge is -2.24. The Hall–Kier alpha value is -1.21. The highest BCUT2D eigenvalue weighted by Gasteiger charge is 2.28. The maximum atomic E-state index is 6.52. The molecule has 2 aromatic heterocycles. The molecule has 0 bridgehead atoms. The predicted octanol–water partition coefficient (Wildman–Crippen LogP) is 6.82. The number of halogens is 3. The molecule has 1 aromatic carbocycles. The van der Waals surface area contributed by atoms with Crippen LogP contribution < -0.4 is 4.90 Å². The quantitative estimate of drug-likeness (QED) is 0.328. The number of aromatic nitrogens is 4. The van der Waals surface area contributed by atoms with Crippen molar-refractivity contribution in [3.8, 4) is 5.69 Å². The van der Waals surface area contributed by atoms with Gasteiger partial charge in [-0.3, -0.25) is 0 Å². The number of unbranched alkanes of at least 4 members (excludes halogenated alkanes) is 1.